The van der Waals surface area contributed by atoms with Gasteiger partial charge >= 0.3 is 0 Å². The summed E-state index contributed by atoms with van der Waals surface area (Å²) in [5.74, 6) is 0.604. The molecule has 0 bridgehead atoms. The molecule has 9 nitrogen and oxygen atoms in total. The molecule has 0 fully saturated rings. The Hall–Kier alpha value is -2.98. The Morgan fingerprint density at radius 1 is 1.21 bits per heavy atom. The first-order valence-electron chi connectivity index (χ1n) is 8.55. The lowest BCUT2D eigenvalue weighted by atomic mass is 10.2. The zero-order valence-electron chi connectivity index (χ0n) is 15.8. The van der Waals surface area contributed by atoms with Crippen LogP contribution in [0.3, 0.4) is 0 Å². The highest BCUT2D eigenvalue weighted by Crippen LogP contribution is 2.29. The van der Waals surface area contributed by atoms with Gasteiger partial charge in [0.2, 0.25) is 10.0 Å². The average molecular weight is 406 g/mol. The van der Waals surface area contributed by atoms with E-state index >= 15 is 0 Å². The van der Waals surface area contributed by atoms with Crippen LogP contribution in [0, 0.1) is 10.1 Å². The van der Waals surface area contributed by atoms with E-state index < -0.39 is 14.9 Å². The molecule has 0 aliphatic carbocycles. The van der Waals surface area contributed by atoms with Gasteiger partial charge in [-0.15, -0.1) is 0 Å². The Balaban J connectivity index is 2.44. The van der Waals surface area contributed by atoms with Crippen molar-refractivity contribution in [2.75, 3.05) is 25.6 Å². The van der Waals surface area contributed by atoms with Crippen molar-refractivity contribution in [2.45, 2.75) is 18.7 Å². The number of nitro groups is 1. The minimum atomic E-state index is -3.93. The van der Waals surface area contributed by atoms with Crippen LogP contribution in [0.25, 0.3) is 0 Å². The lowest BCUT2D eigenvalue weighted by Gasteiger charge is -2.20. The Bertz CT molecular complexity index is 972. The van der Waals surface area contributed by atoms with Crippen LogP contribution in [0.1, 0.15) is 19.4 Å². The van der Waals surface area contributed by atoms with E-state index in [1.165, 1.54) is 29.8 Å². The molecule has 0 spiro atoms. The van der Waals surface area contributed by atoms with Crippen molar-refractivity contribution in [1.82, 2.24) is 4.31 Å². The Morgan fingerprint density at radius 2 is 1.89 bits per heavy atom. The van der Waals surface area contributed by atoms with Crippen LogP contribution in [-0.2, 0) is 10.0 Å². The quantitative estimate of drug-likeness (QED) is 0.389. The molecule has 10 heteroatoms. The van der Waals surface area contributed by atoms with Crippen LogP contribution < -0.4 is 10.2 Å². The van der Waals surface area contributed by atoms with Crippen molar-refractivity contribution in [1.29, 1.82) is 0 Å². The fourth-order valence-corrected chi connectivity index (χ4v) is 4.20. The maximum atomic E-state index is 12.9. The van der Waals surface area contributed by atoms with Gasteiger partial charge in [-0.3, -0.25) is 15.5 Å². The highest BCUT2D eigenvalue weighted by atomic mass is 32.2. The van der Waals surface area contributed by atoms with Gasteiger partial charge in [0.1, 0.15) is 10.6 Å². The molecule has 2 rings (SSSR count). The summed E-state index contributed by atoms with van der Waals surface area (Å²) in [5, 5.41) is 15.2. The van der Waals surface area contributed by atoms with Crippen molar-refractivity contribution < 1.29 is 18.1 Å². The van der Waals surface area contributed by atoms with Crippen LogP contribution in [0.2, 0.25) is 0 Å². The number of rotatable bonds is 9. The van der Waals surface area contributed by atoms with Crippen molar-refractivity contribution >= 4 is 27.6 Å². The zero-order valence-corrected chi connectivity index (χ0v) is 16.6. The normalized spacial score (nSPS) is 11.7. The number of methoxy groups -OCH3 is 1. The molecule has 0 atom stereocenters. The average Bonchev–Trinajstić information content (AvgIpc) is 2.69. The molecule has 2 aromatic carbocycles. The van der Waals surface area contributed by atoms with E-state index in [2.05, 4.69) is 10.5 Å². The van der Waals surface area contributed by atoms with Crippen LogP contribution in [0.15, 0.2) is 52.5 Å². The third-order valence-electron chi connectivity index (χ3n) is 4.03. The number of non-ortho nitro benzene ring substituents is 1. The van der Waals surface area contributed by atoms with Crippen molar-refractivity contribution in [2.24, 2.45) is 5.10 Å². The van der Waals surface area contributed by atoms with Gasteiger partial charge < -0.3 is 4.74 Å². The summed E-state index contributed by atoms with van der Waals surface area (Å²) < 4.78 is 32.3. The molecule has 28 heavy (non-hydrogen) atoms. The summed E-state index contributed by atoms with van der Waals surface area (Å²) >= 11 is 0. The molecule has 0 unspecified atom stereocenters. The van der Waals surface area contributed by atoms with Gasteiger partial charge in [0, 0.05) is 30.8 Å². The molecule has 0 saturated heterocycles. The number of para-hydroxylation sites is 1. The molecule has 0 aromatic heterocycles. The number of nitrogens with one attached hydrogen (secondary N) is 1. The maximum absolute atomic E-state index is 12.9. The van der Waals surface area contributed by atoms with Gasteiger partial charge in [-0.2, -0.15) is 9.41 Å². The summed E-state index contributed by atoms with van der Waals surface area (Å²) in [6, 6.07) is 10.8. The first-order chi connectivity index (χ1) is 13.3. The summed E-state index contributed by atoms with van der Waals surface area (Å²) in [4.78, 5) is 10.3. The second-order valence-electron chi connectivity index (χ2n) is 5.64. The Labute approximate surface area is 163 Å². The molecular weight excluding hydrogens is 384 g/mol. The molecule has 1 N–H and O–H groups in total. The first-order valence-corrected chi connectivity index (χ1v) is 9.99. The van der Waals surface area contributed by atoms with E-state index in [0.717, 1.165) is 6.07 Å². The van der Waals surface area contributed by atoms with Gasteiger partial charge in [0.05, 0.1) is 23.9 Å². The number of hydrazone groups is 1. The highest BCUT2D eigenvalue weighted by molar-refractivity contribution is 7.89. The molecule has 0 radical (unpaired) electrons. The third kappa shape index (κ3) is 4.65. The van der Waals surface area contributed by atoms with E-state index in [1.807, 2.05) is 12.1 Å². The second kappa shape index (κ2) is 9.29. The number of nitro benzene ring substituents is 1. The van der Waals surface area contributed by atoms with Crippen molar-refractivity contribution in [3.63, 3.8) is 0 Å². The topological polar surface area (TPSA) is 114 Å². The van der Waals surface area contributed by atoms with E-state index in [-0.39, 0.29) is 29.4 Å². The summed E-state index contributed by atoms with van der Waals surface area (Å²) in [6.45, 7) is 3.88. The molecule has 0 aliphatic rings. The summed E-state index contributed by atoms with van der Waals surface area (Å²) in [5.41, 5.74) is 3.19. The Kier molecular flexibility index (Phi) is 7.07. The number of anilines is 1. The van der Waals surface area contributed by atoms with Crippen LogP contribution >= 0.6 is 0 Å². The minimum Gasteiger partial charge on any atom is -0.496 e. The Morgan fingerprint density at radius 3 is 2.50 bits per heavy atom. The van der Waals surface area contributed by atoms with Crippen molar-refractivity contribution in [3.8, 4) is 5.75 Å². The lowest BCUT2D eigenvalue weighted by Crippen LogP contribution is -2.31. The fourth-order valence-electron chi connectivity index (χ4n) is 2.58. The number of benzene rings is 2. The highest BCUT2D eigenvalue weighted by Gasteiger charge is 2.27. The molecule has 0 aliphatic heterocycles. The van der Waals surface area contributed by atoms with Crippen molar-refractivity contribution in [3.05, 3.63) is 58.1 Å². The largest absolute Gasteiger partial charge is 0.496 e. The van der Waals surface area contributed by atoms with Gasteiger partial charge in [-0.25, -0.2) is 8.42 Å². The fraction of sp³-hybridized carbons (Fsp3) is 0.278. The van der Waals surface area contributed by atoms with E-state index in [9.17, 15) is 18.5 Å². The van der Waals surface area contributed by atoms with Gasteiger partial charge in [0.15, 0.2) is 0 Å². The number of hydrogen-bond donors (Lipinski definition) is 1. The van der Waals surface area contributed by atoms with Crippen LogP contribution in [0.4, 0.5) is 11.4 Å². The van der Waals surface area contributed by atoms with E-state index in [0.29, 0.717) is 11.3 Å². The number of sulfonamides is 1. The zero-order chi connectivity index (χ0) is 20.7. The van der Waals surface area contributed by atoms with Gasteiger partial charge in [-0.05, 0) is 18.2 Å². The standard InChI is InChI=1S/C18H22N4O5S/c1-4-21(5-2)28(25,26)18-12-15(22(23)24)10-11-16(18)20-19-13-14-8-6-7-9-17(14)27-3/h6-13,20H,4-5H2,1-3H3/b19-13-. The van der Waals surface area contributed by atoms with E-state index in [1.54, 1.807) is 26.0 Å². The summed E-state index contributed by atoms with van der Waals surface area (Å²) in [7, 11) is -2.40. The number of nitrogens with zero attached hydrogens (tertiary/aromatic N) is 3. The SMILES string of the molecule is CCN(CC)S(=O)(=O)c1cc([N+](=O)[O-])ccc1N/N=C\c1ccccc1OC. The second-order valence-corrected chi connectivity index (χ2v) is 7.55. The first kappa shape index (κ1) is 21.3. The molecule has 0 heterocycles. The molecule has 0 amide bonds. The minimum absolute atomic E-state index is 0.142. The van der Waals surface area contributed by atoms with Gasteiger partial charge in [-0.1, -0.05) is 26.0 Å². The predicted molar refractivity (Wildman–Crippen MR) is 107 cm³/mol. The van der Waals surface area contributed by atoms with Gasteiger partial charge in [0.25, 0.3) is 5.69 Å². The number of ether oxygens (including phenoxy) is 1. The number of hydrogen-bond acceptors (Lipinski definition) is 7. The molecular formula is C18H22N4O5S. The molecule has 2 aromatic rings. The van der Waals surface area contributed by atoms with Crippen LogP contribution in [-0.4, -0.2) is 44.1 Å². The summed E-state index contributed by atoms with van der Waals surface area (Å²) in [6.07, 6.45) is 1.48. The lowest BCUT2D eigenvalue weighted by molar-refractivity contribution is -0.385. The third-order valence-corrected chi connectivity index (χ3v) is 6.12. The molecule has 0 saturated carbocycles. The van der Waals surface area contributed by atoms with E-state index in [4.69, 9.17) is 4.74 Å². The predicted octanol–water partition coefficient (Wildman–Crippen LogP) is 3.08. The smallest absolute Gasteiger partial charge is 0.270 e. The maximum Gasteiger partial charge on any atom is 0.270 e. The molecule has 150 valence electrons. The monoisotopic (exact) mass is 406 g/mol. The van der Waals surface area contributed by atoms with Crippen LogP contribution in [0.5, 0.6) is 5.75 Å².